The molecule has 3 nitrogen and oxygen atoms in total. The van der Waals surface area contributed by atoms with Crippen molar-refractivity contribution in [3.63, 3.8) is 0 Å². The average Bonchev–Trinajstić information content (AvgIpc) is 2.28. The number of nitrogens with two attached hydrogens (primary N) is 1. The molecule has 2 aromatic rings. The number of nitrogens with zero attached hydrogens (tertiary/aromatic N) is 1. The van der Waals surface area contributed by atoms with Crippen LogP contribution in [0.15, 0.2) is 41.1 Å². The van der Waals surface area contributed by atoms with Gasteiger partial charge in [-0.05, 0) is 52.7 Å². The van der Waals surface area contributed by atoms with Crippen molar-refractivity contribution in [2.24, 2.45) is 5.73 Å². The molecule has 3 N–H and O–H groups in total. The highest BCUT2D eigenvalue weighted by molar-refractivity contribution is 9.10. The van der Waals surface area contributed by atoms with Crippen LogP contribution in [0.4, 0.5) is 11.4 Å². The number of thiocarbonyl (C=S) groups is 1. The van der Waals surface area contributed by atoms with Gasteiger partial charge in [0.05, 0.1) is 11.9 Å². The number of benzene rings is 1. The zero-order chi connectivity index (χ0) is 13.1. The summed E-state index contributed by atoms with van der Waals surface area (Å²) in [5.74, 6) is 0. The Morgan fingerprint density at radius 2 is 2.06 bits per heavy atom. The van der Waals surface area contributed by atoms with E-state index in [-0.39, 0.29) is 0 Å². The molecule has 1 heterocycles. The maximum atomic E-state index is 5.61. The highest BCUT2D eigenvalue weighted by Gasteiger charge is 2.04. The lowest BCUT2D eigenvalue weighted by molar-refractivity contribution is 1.26. The van der Waals surface area contributed by atoms with E-state index in [9.17, 15) is 0 Å². The van der Waals surface area contributed by atoms with Crippen LogP contribution in [-0.4, -0.2) is 9.97 Å². The van der Waals surface area contributed by atoms with Crippen molar-refractivity contribution in [2.45, 2.75) is 6.92 Å². The van der Waals surface area contributed by atoms with Crippen LogP contribution in [0.25, 0.3) is 0 Å². The highest BCUT2D eigenvalue weighted by Crippen LogP contribution is 2.24. The maximum Gasteiger partial charge on any atom is 0.105 e. The summed E-state index contributed by atoms with van der Waals surface area (Å²) in [5.41, 5.74) is 9.45. The van der Waals surface area contributed by atoms with E-state index in [0.717, 1.165) is 27.0 Å². The van der Waals surface area contributed by atoms with E-state index in [0.29, 0.717) is 4.99 Å². The van der Waals surface area contributed by atoms with Crippen LogP contribution in [-0.2, 0) is 0 Å². The molecule has 92 valence electrons. The van der Waals surface area contributed by atoms with Crippen molar-refractivity contribution in [1.29, 1.82) is 0 Å². The van der Waals surface area contributed by atoms with E-state index in [2.05, 4.69) is 26.2 Å². The predicted octanol–water partition coefficient (Wildman–Crippen LogP) is 3.53. The third-order valence-electron chi connectivity index (χ3n) is 2.40. The molecular formula is C13H12BrN3S. The number of rotatable bonds is 3. The monoisotopic (exact) mass is 321 g/mol. The Labute approximate surface area is 120 Å². The van der Waals surface area contributed by atoms with Gasteiger partial charge < -0.3 is 11.1 Å². The zero-order valence-electron chi connectivity index (χ0n) is 9.77. The minimum absolute atomic E-state index is 0.380. The van der Waals surface area contributed by atoms with E-state index in [4.69, 9.17) is 18.0 Å². The molecule has 0 amide bonds. The maximum absolute atomic E-state index is 5.61. The molecule has 0 saturated heterocycles. The Kier molecular flexibility index (Phi) is 3.93. The molecule has 0 bridgehead atoms. The number of pyridine rings is 1. The first-order valence-electron chi connectivity index (χ1n) is 5.34. The van der Waals surface area contributed by atoms with Gasteiger partial charge in [-0.25, -0.2) is 0 Å². The lowest BCUT2D eigenvalue weighted by Crippen LogP contribution is -2.10. The summed E-state index contributed by atoms with van der Waals surface area (Å²) in [6, 6.07) is 7.79. The number of hydrogen-bond acceptors (Lipinski definition) is 3. The largest absolute Gasteiger partial charge is 0.389 e. The number of aromatic nitrogens is 1. The smallest absolute Gasteiger partial charge is 0.105 e. The van der Waals surface area contributed by atoms with Gasteiger partial charge in [0.1, 0.15) is 4.99 Å². The Hall–Kier alpha value is -1.46. The van der Waals surface area contributed by atoms with Gasteiger partial charge in [-0.1, -0.05) is 12.2 Å². The number of hydrogen-bond donors (Lipinski definition) is 2. The second-order valence-electron chi connectivity index (χ2n) is 3.93. The number of nitrogens with one attached hydrogen (secondary N) is 1. The molecule has 0 aliphatic heterocycles. The van der Waals surface area contributed by atoms with E-state index < -0.39 is 0 Å². The molecule has 5 heteroatoms. The second-order valence-corrected chi connectivity index (χ2v) is 5.23. The molecule has 18 heavy (non-hydrogen) atoms. The van der Waals surface area contributed by atoms with Gasteiger partial charge >= 0.3 is 0 Å². The molecule has 1 aromatic heterocycles. The molecule has 1 aromatic carbocycles. The van der Waals surface area contributed by atoms with Crippen LogP contribution in [0.3, 0.4) is 0 Å². The molecule has 0 atom stereocenters. The molecule has 0 spiro atoms. The summed E-state index contributed by atoms with van der Waals surface area (Å²) in [7, 11) is 0. The second kappa shape index (κ2) is 5.46. The van der Waals surface area contributed by atoms with Gasteiger partial charge in [-0.15, -0.1) is 0 Å². The summed E-state index contributed by atoms with van der Waals surface area (Å²) in [6.07, 6.45) is 3.60. The fraction of sp³-hybridized carbons (Fsp3) is 0.0769. The fourth-order valence-corrected chi connectivity index (χ4v) is 2.48. The SMILES string of the molecule is Cc1cncc(Nc2ccc(C(N)=S)c(Br)c2)c1. The van der Waals surface area contributed by atoms with E-state index in [1.807, 2.05) is 37.4 Å². The summed E-state index contributed by atoms with van der Waals surface area (Å²) in [5, 5.41) is 3.28. The van der Waals surface area contributed by atoms with E-state index in [1.54, 1.807) is 6.20 Å². The molecule has 0 saturated carbocycles. The Morgan fingerprint density at radius 1 is 1.28 bits per heavy atom. The summed E-state index contributed by atoms with van der Waals surface area (Å²) in [6.45, 7) is 2.00. The lowest BCUT2D eigenvalue weighted by Gasteiger charge is -2.09. The van der Waals surface area contributed by atoms with Crippen LogP contribution in [0.1, 0.15) is 11.1 Å². The van der Waals surface area contributed by atoms with Crippen molar-refractivity contribution >= 4 is 44.5 Å². The van der Waals surface area contributed by atoms with Crippen molar-refractivity contribution < 1.29 is 0 Å². The predicted molar refractivity (Wildman–Crippen MR) is 82.3 cm³/mol. The standard InChI is InChI=1S/C13H12BrN3S/c1-8-4-10(7-16-6-8)17-9-2-3-11(13(15)18)12(14)5-9/h2-7,17H,1H3,(H2,15,18). The number of halogens is 1. The lowest BCUT2D eigenvalue weighted by atomic mass is 10.2. The number of anilines is 2. The average molecular weight is 322 g/mol. The minimum atomic E-state index is 0.380. The molecule has 0 aliphatic carbocycles. The van der Waals surface area contributed by atoms with Crippen molar-refractivity contribution in [3.05, 3.63) is 52.3 Å². The molecular weight excluding hydrogens is 310 g/mol. The van der Waals surface area contributed by atoms with Gasteiger partial charge in [0, 0.05) is 21.9 Å². The van der Waals surface area contributed by atoms with Gasteiger partial charge in [0.15, 0.2) is 0 Å². The first-order valence-corrected chi connectivity index (χ1v) is 6.54. The quantitative estimate of drug-likeness (QED) is 0.849. The number of aryl methyl sites for hydroxylation is 1. The molecule has 0 unspecified atom stereocenters. The topological polar surface area (TPSA) is 50.9 Å². The fourth-order valence-electron chi connectivity index (χ4n) is 1.58. The summed E-state index contributed by atoms with van der Waals surface area (Å²) >= 11 is 8.41. The van der Waals surface area contributed by atoms with Crippen molar-refractivity contribution in [1.82, 2.24) is 4.98 Å². The van der Waals surface area contributed by atoms with Crippen molar-refractivity contribution in [3.8, 4) is 0 Å². The van der Waals surface area contributed by atoms with E-state index in [1.165, 1.54) is 0 Å². The first-order chi connectivity index (χ1) is 8.56. The zero-order valence-corrected chi connectivity index (χ0v) is 12.2. The summed E-state index contributed by atoms with van der Waals surface area (Å²) in [4.78, 5) is 4.51. The van der Waals surface area contributed by atoms with Gasteiger partial charge in [-0.3, -0.25) is 4.98 Å². The highest BCUT2D eigenvalue weighted by atomic mass is 79.9. The minimum Gasteiger partial charge on any atom is -0.389 e. The van der Waals surface area contributed by atoms with Crippen LogP contribution in [0.2, 0.25) is 0 Å². The normalized spacial score (nSPS) is 10.1. The summed E-state index contributed by atoms with van der Waals surface area (Å²) < 4.78 is 0.876. The third kappa shape index (κ3) is 3.05. The van der Waals surface area contributed by atoms with Crippen LogP contribution < -0.4 is 11.1 Å². The Balaban J connectivity index is 2.25. The van der Waals surface area contributed by atoms with Crippen LogP contribution in [0.5, 0.6) is 0 Å². The van der Waals surface area contributed by atoms with Crippen LogP contribution in [0, 0.1) is 6.92 Å². The molecule has 2 rings (SSSR count). The van der Waals surface area contributed by atoms with Crippen LogP contribution >= 0.6 is 28.1 Å². The Bertz CT molecular complexity index is 599. The van der Waals surface area contributed by atoms with Gasteiger partial charge in [-0.2, -0.15) is 0 Å². The van der Waals surface area contributed by atoms with Gasteiger partial charge in [0.25, 0.3) is 0 Å². The first kappa shape index (κ1) is 13.0. The van der Waals surface area contributed by atoms with Crippen molar-refractivity contribution in [2.75, 3.05) is 5.32 Å². The molecule has 0 fully saturated rings. The molecule has 0 aliphatic rings. The third-order valence-corrected chi connectivity index (χ3v) is 3.27. The van der Waals surface area contributed by atoms with Gasteiger partial charge in [0.2, 0.25) is 0 Å². The molecule has 0 radical (unpaired) electrons. The Morgan fingerprint density at radius 3 is 2.67 bits per heavy atom. The van der Waals surface area contributed by atoms with E-state index >= 15 is 0 Å².